The second-order valence-corrected chi connectivity index (χ2v) is 5.01. The third-order valence-corrected chi connectivity index (χ3v) is 3.18. The number of nitrogens with one attached hydrogen (secondary N) is 1. The Balaban J connectivity index is 1.99. The van der Waals surface area contributed by atoms with Crippen LogP contribution in [-0.4, -0.2) is 31.1 Å². The number of amides is 1. The molecule has 0 fully saturated rings. The van der Waals surface area contributed by atoms with E-state index in [1.807, 2.05) is 0 Å². The number of hydrogen-bond acceptors (Lipinski definition) is 5. The molecular weight excluding hydrogens is 348 g/mol. The average molecular weight is 363 g/mol. The van der Waals surface area contributed by atoms with Gasteiger partial charge in [0.1, 0.15) is 11.6 Å². The van der Waals surface area contributed by atoms with Crippen LogP contribution in [0, 0.1) is 11.6 Å². The van der Waals surface area contributed by atoms with Crippen LogP contribution in [0.3, 0.4) is 0 Å². The average Bonchev–Trinajstić information content (AvgIpc) is 2.60. The predicted molar refractivity (Wildman–Crippen MR) is 87.7 cm³/mol. The molecule has 2 aromatic rings. The predicted octanol–water partition coefficient (Wildman–Crippen LogP) is 2.94. The maximum atomic E-state index is 13.5. The van der Waals surface area contributed by atoms with Crippen LogP contribution < -0.4 is 5.32 Å². The smallest absolute Gasteiger partial charge is 0.341 e. The molecule has 26 heavy (non-hydrogen) atoms. The minimum atomic E-state index is -1.11. The van der Waals surface area contributed by atoms with Crippen molar-refractivity contribution in [2.45, 2.75) is 6.92 Å². The van der Waals surface area contributed by atoms with Gasteiger partial charge in [0.2, 0.25) is 0 Å². The van der Waals surface area contributed by atoms with Crippen LogP contribution in [0.4, 0.5) is 14.5 Å². The summed E-state index contributed by atoms with van der Waals surface area (Å²) in [6, 6.07) is 8.49. The van der Waals surface area contributed by atoms with Crippen LogP contribution in [0.15, 0.2) is 42.5 Å². The molecular formula is C18H15F2NO5. The molecule has 1 amide bonds. The number of para-hydroxylation sites is 1. The highest BCUT2D eigenvalue weighted by Crippen LogP contribution is 2.16. The van der Waals surface area contributed by atoms with E-state index in [2.05, 4.69) is 5.32 Å². The molecule has 0 unspecified atom stereocenters. The molecule has 136 valence electrons. The minimum Gasteiger partial charge on any atom is -0.462 e. The molecule has 0 radical (unpaired) electrons. The number of carbonyl (C=O) groups is 3. The summed E-state index contributed by atoms with van der Waals surface area (Å²) in [6.45, 7) is 1.10. The molecule has 0 atom stereocenters. The lowest BCUT2D eigenvalue weighted by Crippen LogP contribution is -2.22. The zero-order chi connectivity index (χ0) is 19.1. The third-order valence-electron chi connectivity index (χ3n) is 3.18. The van der Waals surface area contributed by atoms with Gasteiger partial charge in [-0.15, -0.1) is 0 Å². The summed E-state index contributed by atoms with van der Waals surface area (Å²) < 4.78 is 35.9. The number of benzene rings is 2. The monoisotopic (exact) mass is 363 g/mol. The lowest BCUT2D eigenvalue weighted by atomic mass is 10.2. The normalized spacial score (nSPS) is 10.1. The molecule has 0 bridgehead atoms. The van der Waals surface area contributed by atoms with Crippen molar-refractivity contribution in [2.24, 2.45) is 0 Å². The topological polar surface area (TPSA) is 81.7 Å². The first-order valence-electron chi connectivity index (χ1n) is 7.60. The number of halogens is 2. The van der Waals surface area contributed by atoms with Gasteiger partial charge in [-0.05, 0) is 31.2 Å². The summed E-state index contributed by atoms with van der Waals surface area (Å²) in [5.41, 5.74) is -0.176. The van der Waals surface area contributed by atoms with Crippen LogP contribution in [0.25, 0.3) is 0 Å². The fourth-order valence-electron chi connectivity index (χ4n) is 2.03. The molecule has 0 aromatic heterocycles. The van der Waals surface area contributed by atoms with Crippen LogP contribution in [0.2, 0.25) is 0 Å². The summed E-state index contributed by atoms with van der Waals surface area (Å²) in [5, 5.41) is 2.41. The highest BCUT2D eigenvalue weighted by Gasteiger charge is 2.17. The Labute approximate surface area is 147 Å². The van der Waals surface area contributed by atoms with Crippen molar-refractivity contribution in [1.29, 1.82) is 0 Å². The van der Waals surface area contributed by atoms with Crippen LogP contribution in [0.5, 0.6) is 0 Å². The zero-order valence-corrected chi connectivity index (χ0v) is 13.8. The molecule has 2 aromatic carbocycles. The van der Waals surface area contributed by atoms with Gasteiger partial charge in [0.05, 0.1) is 23.4 Å². The lowest BCUT2D eigenvalue weighted by molar-refractivity contribution is -0.119. The van der Waals surface area contributed by atoms with Gasteiger partial charge in [0, 0.05) is 6.07 Å². The first-order chi connectivity index (χ1) is 12.4. The first kappa shape index (κ1) is 19.0. The fraction of sp³-hybridized carbons (Fsp3) is 0.167. The number of ether oxygens (including phenoxy) is 2. The number of hydrogen-bond donors (Lipinski definition) is 1. The summed E-state index contributed by atoms with van der Waals surface area (Å²) in [6.07, 6.45) is 0. The Morgan fingerprint density at radius 2 is 1.65 bits per heavy atom. The van der Waals surface area contributed by atoms with Crippen molar-refractivity contribution in [1.82, 2.24) is 0 Å². The fourth-order valence-corrected chi connectivity index (χ4v) is 2.03. The number of anilines is 1. The first-order valence-corrected chi connectivity index (χ1v) is 7.60. The van der Waals surface area contributed by atoms with E-state index in [0.29, 0.717) is 6.07 Å². The van der Waals surface area contributed by atoms with E-state index in [1.54, 1.807) is 19.1 Å². The van der Waals surface area contributed by atoms with E-state index >= 15 is 0 Å². The quantitative estimate of drug-likeness (QED) is 0.798. The van der Waals surface area contributed by atoms with Crippen molar-refractivity contribution in [2.75, 3.05) is 18.5 Å². The second kappa shape index (κ2) is 8.70. The Bertz CT molecular complexity index is 838. The molecule has 0 spiro atoms. The number of rotatable bonds is 6. The second-order valence-electron chi connectivity index (χ2n) is 5.01. The molecule has 0 saturated heterocycles. The molecule has 0 aliphatic rings. The van der Waals surface area contributed by atoms with Crippen LogP contribution in [-0.2, 0) is 14.3 Å². The van der Waals surface area contributed by atoms with Crippen LogP contribution in [0.1, 0.15) is 27.6 Å². The summed E-state index contributed by atoms with van der Waals surface area (Å²) >= 11 is 0. The van der Waals surface area contributed by atoms with E-state index in [0.717, 1.165) is 12.1 Å². The van der Waals surface area contributed by atoms with Gasteiger partial charge in [-0.2, -0.15) is 0 Å². The van der Waals surface area contributed by atoms with Crippen LogP contribution >= 0.6 is 0 Å². The van der Waals surface area contributed by atoms with E-state index in [1.165, 1.54) is 12.1 Å². The van der Waals surface area contributed by atoms with Gasteiger partial charge >= 0.3 is 11.9 Å². The Hall–Kier alpha value is -3.29. The van der Waals surface area contributed by atoms with Crippen molar-refractivity contribution >= 4 is 23.5 Å². The summed E-state index contributed by atoms with van der Waals surface area (Å²) in [4.78, 5) is 35.5. The van der Waals surface area contributed by atoms with E-state index in [4.69, 9.17) is 9.47 Å². The van der Waals surface area contributed by atoms with Crippen molar-refractivity contribution in [3.63, 3.8) is 0 Å². The Morgan fingerprint density at radius 1 is 0.962 bits per heavy atom. The van der Waals surface area contributed by atoms with E-state index < -0.39 is 41.7 Å². The van der Waals surface area contributed by atoms with E-state index in [9.17, 15) is 23.2 Å². The number of carbonyl (C=O) groups excluding carboxylic acids is 3. The van der Waals surface area contributed by atoms with Gasteiger partial charge in [-0.3, -0.25) is 4.79 Å². The molecule has 6 nitrogen and oxygen atoms in total. The highest BCUT2D eigenvalue weighted by atomic mass is 19.1. The lowest BCUT2D eigenvalue weighted by Gasteiger charge is -2.10. The van der Waals surface area contributed by atoms with Gasteiger partial charge in [-0.1, -0.05) is 12.1 Å². The zero-order valence-electron chi connectivity index (χ0n) is 13.8. The SMILES string of the molecule is CCOC(=O)c1ccccc1NC(=O)COC(=O)c1ccc(F)cc1F. The largest absolute Gasteiger partial charge is 0.462 e. The van der Waals surface area contributed by atoms with Gasteiger partial charge in [-0.25, -0.2) is 18.4 Å². The molecule has 0 aliphatic carbocycles. The van der Waals surface area contributed by atoms with Crippen molar-refractivity contribution in [3.8, 4) is 0 Å². The molecule has 0 saturated carbocycles. The summed E-state index contributed by atoms with van der Waals surface area (Å²) in [7, 11) is 0. The summed E-state index contributed by atoms with van der Waals surface area (Å²) in [5.74, 6) is -4.40. The maximum Gasteiger partial charge on any atom is 0.341 e. The highest BCUT2D eigenvalue weighted by molar-refractivity contribution is 6.02. The molecule has 8 heteroatoms. The number of esters is 2. The molecule has 0 aliphatic heterocycles. The minimum absolute atomic E-state index is 0.138. The van der Waals surface area contributed by atoms with Gasteiger partial charge in [0.15, 0.2) is 6.61 Å². The Kier molecular flexibility index (Phi) is 6.37. The standard InChI is InChI=1S/C18H15F2NO5/c1-2-25-18(24)13-5-3-4-6-15(13)21-16(22)10-26-17(23)12-8-7-11(19)9-14(12)20/h3-9H,2,10H2,1H3,(H,21,22). The molecule has 0 heterocycles. The van der Waals surface area contributed by atoms with Gasteiger partial charge in [0.25, 0.3) is 5.91 Å². The molecule has 2 rings (SSSR count). The van der Waals surface area contributed by atoms with Crippen molar-refractivity contribution in [3.05, 3.63) is 65.2 Å². The van der Waals surface area contributed by atoms with Gasteiger partial charge < -0.3 is 14.8 Å². The Morgan fingerprint density at radius 3 is 2.35 bits per heavy atom. The van der Waals surface area contributed by atoms with E-state index in [-0.39, 0.29) is 17.9 Å². The third kappa shape index (κ3) is 4.85. The molecule has 1 N–H and O–H groups in total. The maximum absolute atomic E-state index is 13.5. The van der Waals surface area contributed by atoms with Crippen molar-refractivity contribution < 1.29 is 32.6 Å².